The smallest absolute Gasteiger partial charge is 0.325 e. The zero-order valence-corrected chi connectivity index (χ0v) is 34.7. The Balaban J connectivity index is 0.750. The largest absolute Gasteiger partial charge is 0.488 e. The summed E-state index contributed by atoms with van der Waals surface area (Å²) >= 11 is 0. The maximum atomic E-state index is 13.6. The SMILES string of the molecule is CC1(C)[C@H](NC(=O)c2ccc(N3CCC(CN4CCC(n5ccc6c(N7CCC(O)NC7=O)nccc65)CC4)CC3)nn2)C(C)(C)[C@H]1Oc1ccc(C#N)c2ncccc12. The number of carbonyl (C=O) groups is 2. The minimum Gasteiger partial charge on any atom is -0.488 e. The molecule has 60 heavy (non-hydrogen) atoms. The number of aliphatic hydroxyl groups excluding tert-OH is 1. The van der Waals surface area contributed by atoms with Gasteiger partial charge in [-0.15, -0.1) is 10.2 Å². The van der Waals surface area contributed by atoms with Crippen molar-refractivity contribution in [3.63, 3.8) is 0 Å². The molecular formula is C45H53N11O4. The number of anilines is 2. The van der Waals surface area contributed by atoms with Gasteiger partial charge in [-0.05, 0) is 80.1 Å². The fourth-order valence-electron chi connectivity index (χ4n) is 10.6. The number of carbonyl (C=O) groups excluding carboxylic acids is 2. The van der Waals surface area contributed by atoms with Crippen molar-refractivity contribution in [1.82, 2.24) is 40.3 Å². The van der Waals surface area contributed by atoms with Gasteiger partial charge in [-0.2, -0.15) is 5.26 Å². The predicted octanol–water partition coefficient (Wildman–Crippen LogP) is 5.65. The molecule has 4 aliphatic rings. The highest BCUT2D eigenvalue weighted by molar-refractivity contribution is 6.01. The maximum Gasteiger partial charge on any atom is 0.325 e. The van der Waals surface area contributed by atoms with Crippen molar-refractivity contribution in [3.05, 3.63) is 78.4 Å². The van der Waals surface area contributed by atoms with Crippen molar-refractivity contribution in [2.45, 2.75) is 84.2 Å². The zero-order chi connectivity index (χ0) is 41.8. The number of ether oxygens (including phenoxy) is 1. The van der Waals surface area contributed by atoms with Crippen molar-refractivity contribution < 1.29 is 19.4 Å². The van der Waals surface area contributed by atoms with Crippen molar-refractivity contribution >= 4 is 45.4 Å². The third-order valence-electron chi connectivity index (χ3n) is 13.5. The summed E-state index contributed by atoms with van der Waals surface area (Å²) in [6.07, 6.45) is 9.29. The number of nitriles is 1. The number of nitrogens with zero attached hydrogens (tertiary/aromatic N) is 9. The monoisotopic (exact) mass is 811 g/mol. The molecule has 15 nitrogen and oxygen atoms in total. The van der Waals surface area contributed by atoms with Crippen molar-refractivity contribution in [2.24, 2.45) is 16.7 Å². The summed E-state index contributed by atoms with van der Waals surface area (Å²) in [7, 11) is 0. The average Bonchev–Trinajstić information content (AvgIpc) is 3.70. The summed E-state index contributed by atoms with van der Waals surface area (Å²) < 4.78 is 8.99. The third kappa shape index (κ3) is 7.15. The van der Waals surface area contributed by atoms with Gasteiger partial charge in [-0.1, -0.05) is 27.7 Å². The van der Waals surface area contributed by atoms with Gasteiger partial charge in [0.25, 0.3) is 5.91 Å². The Labute approximate surface area is 349 Å². The molecule has 7 heterocycles. The second-order valence-corrected chi connectivity index (χ2v) is 18.1. The first kappa shape index (κ1) is 39.6. The highest BCUT2D eigenvalue weighted by Gasteiger charge is 2.64. The molecule has 1 atom stereocenters. The Kier molecular flexibility index (Phi) is 10.3. The van der Waals surface area contributed by atoms with E-state index in [0.29, 0.717) is 47.6 Å². The van der Waals surface area contributed by atoms with E-state index in [0.717, 1.165) is 80.5 Å². The van der Waals surface area contributed by atoms with E-state index in [1.54, 1.807) is 29.4 Å². The molecule has 1 saturated carbocycles. The van der Waals surface area contributed by atoms with Crippen molar-refractivity contribution in [1.29, 1.82) is 5.26 Å². The lowest BCUT2D eigenvalue weighted by molar-refractivity contribution is -0.163. The second-order valence-electron chi connectivity index (χ2n) is 18.1. The lowest BCUT2D eigenvalue weighted by Gasteiger charge is -2.63. The van der Waals surface area contributed by atoms with Gasteiger partial charge >= 0.3 is 6.03 Å². The maximum absolute atomic E-state index is 13.6. The van der Waals surface area contributed by atoms with Gasteiger partial charge in [0.1, 0.15) is 30.0 Å². The molecule has 1 aromatic carbocycles. The minimum absolute atomic E-state index is 0.177. The Bertz CT molecular complexity index is 2430. The first-order valence-electron chi connectivity index (χ1n) is 21.2. The number of urea groups is 1. The summed E-state index contributed by atoms with van der Waals surface area (Å²) in [6, 6.07) is 17.2. The third-order valence-corrected chi connectivity index (χ3v) is 13.5. The van der Waals surface area contributed by atoms with Crippen LogP contribution in [0, 0.1) is 28.1 Å². The Morgan fingerprint density at radius 3 is 2.42 bits per heavy atom. The highest BCUT2D eigenvalue weighted by atomic mass is 16.5. The summed E-state index contributed by atoms with van der Waals surface area (Å²) in [5, 5.41) is 35.9. The quantitative estimate of drug-likeness (QED) is 0.168. The van der Waals surface area contributed by atoms with E-state index in [1.807, 2.05) is 30.3 Å². The number of hydrogen-bond donors (Lipinski definition) is 3. The van der Waals surface area contributed by atoms with E-state index in [9.17, 15) is 20.0 Å². The number of pyridine rings is 2. The van der Waals surface area contributed by atoms with Crippen molar-refractivity contribution in [2.75, 3.05) is 49.1 Å². The van der Waals surface area contributed by atoms with Crippen LogP contribution in [0.2, 0.25) is 0 Å². The van der Waals surface area contributed by atoms with Crippen LogP contribution in [0.3, 0.4) is 0 Å². The fourth-order valence-corrected chi connectivity index (χ4v) is 10.6. The predicted molar refractivity (Wildman–Crippen MR) is 228 cm³/mol. The van der Waals surface area contributed by atoms with E-state index in [1.165, 1.54) is 0 Å². The highest BCUT2D eigenvalue weighted by Crippen LogP contribution is 2.56. The molecule has 1 aliphatic carbocycles. The summed E-state index contributed by atoms with van der Waals surface area (Å²) in [5.74, 6) is 2.46. The molecule has 5 aromatic rings. The van der Waals surface area contributed by atoms with Crippen LogP contribution in [0.4, 0.5) is 16.4 Å². The average molecular weight is 812 g/mol. The molecular weight excluding hydrogens is 759 g/mol. The molecule has 4 fully saturated rings. The van der Waals surface area contributed by atoms with E-state index in [4.69, 9.17) is 4.74 Å². The van der Waals surface area contributed by atoms with Crippen LogP contribution in [-0.2, 0) is 0 Å². The van der Waals surface area contributed by atoms with Crippen LogP contribution in [0.1, 0.15) is 81.9 Å². The normalized spacial score (nSPS) is 23.5. The summed E-state index contributed by atoms with van der Waals surface area (Å²) in [6.45, 7) is 13.8. The van der Waals surface area contributed by atoms with Crippen LogP contribution in [0.5, 0.6) is 5.75 Å². The lowest BCUT2D eigenvalue weighted by atomic mass is 9.49. The number of benzene rings is 1. The van der Waals surface area contributed by atoms with Crippen LogP contribution in [-0.4, -0.2) is 104 Å². The lowest BCUT2D eigenvalue weighted by Crippen LogP contribution is -2.74. The van der Waals surface area contributed by atoms with E-state index in [2.05, 4.69) is 91.2 Å². The molecule has 3 aliphatic heterocycles. The van der Waals surface area contributed by atoms with Crippen molar-refractivity contribution in [3.8, 4) is 11.8 Å². The van der Waals surface area contributed by atoms with Gasteiger partial charge in [-0.3, -0.25) is 14.7 Å². The second kappa shape index (κ2) is 15.6. The number of amides is 3. The molecule has 3 amide bonds. The Hall–Kier alpha value is -5.85. The molecule has 0 spiro atoms. The number of nitrogens with one attached hydrogen (secondary N) is 2. The number of fused-ring (bicyclic) bond motifs is 2. The van der Waals surface area contributed by atoms with Gasteiger partial charge in [0, 0.05) is 98.0 Å². The Morgan fingerprint density at radius 2 is 1.70 bits per heavy atom. The first-order chi connectivity index (χ1) is 28.9. The molecule has 0 radical (unpaired) electrons. The number of hydrogen-bond acceptors (Lipinski definition) is 11. The molecule has 4 aromatic heterocycles. The van der Waals surface area contributed by atoms with Gasteiger partial charge in [0.15, 0.2) is 11.5 Å². The molecule has 0 bridgehead atoms. The number of rotatable bonds is 9. The Morgan fingerprint density at radius 1 is 0.917 bits per heavy atom. The molecule has 3 saturated heterocycles. The van der Waals surface area contributed by atoms with Crippen LogP contribution < -0.4 is 25.2 Å². The topological polar surface area (TPSA) is 178 Å². The summed E-state index contributed by atoms with van der Waals surface area (Å²) in [5.41, 5.74) is 1.71. The van der Waals surface area contributed by atoms with Gasteiger partial charge in [-0.25, -0.2) is 9.78 Å². The molecule has 1 unspecified atom stereocenters. The van der Waals surface area contributed by atoms with E-state index < -0.39 is 17.1 Å². The molecule has 312 valence electrons. The number of likely N-dealkylation sites (tertiary alicyclic amines) is 1. The number of aromatic nitrogens is 5. The number of aliphatic hydroxyl groups is 1. The minimum atomic E-state index is -0.816. The van der Waals surface area contributed by atoms with Crippen LogP contribution in [0.15, 0.2) is 67.1 Å². The van der Waals surface area contributed by atoms with Gasteiger partial charge < -0.3 is 34.8 Å². The standard InChI is InChI=1S/C45H53N11O4/c1-44(2)41(45(3,4)42(44)60-35-9-7-29(26-46)38-32(35)6-5-18-47-38)50-40(58)33-8-10-36(52-51-33)54-22-12-28(13-23-54)27-53-20-14-30(15-21-53)55-24-16-31-34(55)11-19-48-39(31)56-25-17-37(57)49-43(56)59/h5-11,16,18-19,24,28,30,37,41-42,57H,12-15,17,20-23,25,27H2,1-4H3,(H,49,59)(H,50,58)/t37?,41-,42-. The van der Waals surface area contributed by atoms with Gasteiger partial charge in [0.05, 0.1) is 16.6 Å². The summed E-state index contributed by atoms with van der Waals surface area (Å²) in [4.78, 5) is 41.6. The number of piperidine rings is 2. The van der Waals surface area contributed by atoms with E-state index in [-0.39, 0.29) is 29.8 Å². The molecule has 3 N–H and O–H groups in total. The fraction of sp³-hybridized carbons (Fsp3) is 0.489. The van der Waals surface area contributed by atoms with Gasteiger partial charge in [0.2, 0.25) is 0 Å². The molecule has 15 heteroatoms. The van der Waals surface area contributed by atoms with E-state index >= 15 is 0 Å². The van der Waals surface area contributed by atoms with Crippen LogP contribution >= 0.6 is 0 Å². The van der Waals surface area contributed by atoms with Crippen LogP contribution in [0.25, 0.3) is 21.8 Å². The molecule has 9 rings (SSSR count). The first-order valence-corrected chi connectivity index (χ1v) is 21.2. The zero-order valence-electron chi connectivity index (χ0n) is 34.7.